The normalized spacial score (nSPS) is 22.8. The Balaban J connectivity index is 0.00000280. The number of benzene rings is 1. The molecule has 9 heteroatoms. The van der Waals surface area contributed by atoms with Crippen molar-refractivity contribution >= 4 is 34.0 Å². The number of nitrogens with zero attached hydrogens (tertiary/aromatic N) is 2. The minimum absolute atomic E-state index is 0. The van der Waals surface area contributed by atoms with Gasteiger partial charge in [-0.2, -0.15) is 0 Å². The van der Waals surface area contributed by atoms with E-state index >= 15 is 0 Å². The highest BCUT2D eigenvalue weighted by Gasteiger charge is 2.27. The van der Waals surface area contributed by atoms with Crippen LogP contribution >= 0.6 is 12.4 Å². The fraction of sp³-hybridized carbons (Fsp3) is 0.632. The highest BCUT2D eigenvalue weighted by atomic mass is 35.5. The zero-order valence-corrected chi connectivity index (χ0v) is 18.4. The number of carbonyl (C=O) groups is 1. The second-order valence-electron chi connectivity index (χ2n) is 7.71. The second-order valence-corrected chi connectivity index (χ2v) is 9.86. The molecule has 0 aliphatic carbocycles. The molecule has 158 valence electrons. The number of carbonyl (C=O) groups excluding carboxylic acids is 1. The molecule has 2 aliphatic heterocycles. The molecular formula is C19H31ClN4O3S. The Morgan fingerprint density at radius 3 is 2.54 bits per heavy atom. The van der Waals surface area contributed by atoms with Gasteiger partial charge in [-0.3, -0.25) is 4.79 Å². The molecule has 1 aromatic carbocycles. The van der Waals surface area contributed by atoms with Gasteiger partial charge in [0.25, 0.3) is 5.91 Å². The molecule has 0 aromatic heterocycles. The molecule has 2 N–H and O–H groups in total. The molecule has 0 saturated carbocycles. The maximum atomic E-state index is 13.1. The van der Waals surface area contributed by atoms with Crippen LogP contribution in [0.1, 0.15) is 36.5 Å². The van der Waals surface area contributed by atoms with E-state index in [0.717, 1.165) is 51.1 Å². The number of anilines is 1. The third kappa shape index (κ3) is 4.79. The number of amides is 1. The number of halogens is 1. The molecule has 2 saturated heterocycles. The van der Waals surface area contributed by atoms with Gasteiger partial charge in [0.15, 0.2) is 0 Å². The molecule has 28 heavy (non-hydrogen) atoms. The number of sulfonamides is 1. The van der Waals surface area contributed by atoms with Gasteiger partial charge in [-0.25, -0.2) is 12.7 Å². The van der Waals surface area contributed by atoms with Gasteiger partial charge in [-0.05, 0) is 49.9 Å². The van der Waals surface area contributed by atoms with Gasteiger partial charge in [-0.15, -0.1) is 12.4 Å². The summed E-state index contributed by atoms with van der Waals surface area (Å²) in [5.41, 5.74) is 1.26. The number of piperidine rings is 1. The van der Waals surface area contributed by atoms with Crippen LogP contribution in [0.2, 0.25) is 0 Å². The molecule has 1 aromatic rings. The van der Waals surface area contributed by atoms with Crippen LogP contribution in [-0.2, 0) is 10.0 Å². The Kier molecular flexibility index (Phi) is 7.73. The monoisotopic (exact) mass is 430 g/mol. The first-order chi connectivity index (χ1) is 12.8. The summed E-state index contributed by atoms with van der Waals surface area (Å²) in [6.45, 7) is 5.62. The molecule has 2 unspecified atom stereocenters. The quantitative estimate of drug-likeness (QED) is 0.742. The molecule has 0 radical (unpaired) electrons. The summed E-state index contributed by atoms with van der Waals surface area (Å²) in [4.78, 5) is 15.4. The first-order valence-corrected chi connectivity index (χ1v) is 11.1. The third-order valence-electron chi connectivity index (χ3n) is 5.58. The lowest BCUT2D eigenvalue weighted by molar-refractivity contribution is 0.0915. The number of hydrogen-bond donors (Lipinski definition) is 2. The first kappa shape index (κ1) is 22.9. The van der Waals surface area contributed by atoms with E-state index in [9.17, 15) is 13.2 Å². The Bertz CT molecular complexity index is 794. The smallest absolute Gasteiger partial charge is 0.253 e. The van der Waals surface area contributed by atoms with Gasteiger partial charge in [0.2, 0.25) is 10.0 Å². The zero-order chi connectivity index (χ0) is 19.6. The number of rotatable bonds is 5. The van der Waals surface area contributed by atoms with Gasteiger partial charge in [0.1, 0.15) is 0 Å². The minimum Gasteiger partial charge on any atom is -0.371 e. The van der Waals surface area contributed by atoms with Crippen LogP contribution < -0.4 is 15.5 Å². The van der Waals surface area contributed by atoms with Crippen LogP contribution in [0.25, 0.3) is 0 Å². The van der Waals surface area contributed by atoms with Gasteiger partial charge in [0.05, 0.1) is 10.5 Å². The van der Waals surface area contributed by atoms with E-state index in [-0.39, 0.29) is 29.3 Å². The molecule has 0 spiro atoms. The van der Waals surface area contributed by atoms with Crippen molar-refractivity contribution in [1.82, 2.24) is 14.9 Å². The summed E-state index contributed by atoms with van der Waals surface area (Å²) >= 11 is 0. The van der Waals surface area contributed by atoms with E-state index < -0.39 is 10.0 Å². The molecule has 7 nitrogen and oxygen atoms in total. The molecule has 2 heterocycles. The van der Waals surface area contributed by atoms with Gasteiger partial charge in [0, 0.05) is 45.5 Å². The molecule has 3 rings (SSSR count). The van der Waals surface area contributed by atoms with E-state index in [1.807, 2.05) is 0 Å². The average molecular weight is 431 g/mol. The predicted molar refractivity (Wildman–Crippen MR) is 114 cm³/mol. The van der Waals surface area contributed by atoms with Gasteiger partial charge < -0.3 is 15.5 Å². The second kappa shape index (κ2) is 9.43. The van der Waals surface area contributed by atoms with E-state index in [1.165, 1.54) is 24.5 Å². The Morgan fingerprint density at radius 1 is 1.25 bits per heavy atom. The van der Waals surface area contributed by atoms with Crippen molar-refractivity contribution in [2.45, 2.75) is 37.1 Å². The van der Waals surface area contributed by atoms with Crippen LogP contribution in [0.15, 0.2) is 23.1 Å². The Labute approximate surface area is 174 Å². The van der Waals surface area contributed by atoms with Gasteiger partial charge >= 0.3 is 0 Å². The fourth-order valence-electron chi connectivity index (χ4n) is 3.73. The molecule has 1 amide bonds. The zero-order valence-electron chi connectivity index (χ0n) is 16.8. The summed E-state index contributed by atoms with van der Waals surface area (Å²) in [7, 11) is -0.597. The summed E-state index contributed by atoms with van der Waals surface area (Å²) < 4.78 is 26.3. The third-order valence-corrected chi connectivity index (χ3v) is 7.39. The largest absolute Gasteiger partial charge is 0.371 e. The molecule has 0 bridgehead atoms. The standard InChI is InChI=1S/C19H30N4O3S.ClH/c1-14-8-9-20-13-17(14)21-19(24)16-12-15(27(25,26)22(2)3)6-7-18(16)23-10-4-5-11-23;/h6-7,12,14,17,20H,4-5,8-11,13H2,1-3H3,(H,21,24);1H. The fourth-order valence-corrected chi connectivity index (χ4v) is 4.66. The highest BCUT2D eigenvalue weighted by Crippen LogP contribution is 2.28. The van der Waals surface area contributed by atoms with E-state index in [4.69, 9.17) is 0 Å². The van der Waals surface area contributed by atoms with E-state index in [0.29, 0.717) is 11.5 Å². The van der Waals surface area contributed by atoms with Crippen LogP contribution in [0.3, 0.4) is 0 Å². The van der Waals surface area contributed by atoms with Crippen LogP contribution in [0.5, 0.6) is 0 Å². The van der Waals surface area contributed by atoms with Crippen LogP contribution in [0, 0.1) is 5.92 Å². The summed E-state index contributed by atoms with van der Waals surface area (Å²) in [5.74, 6) is 0.187. The van der Waals surface area contributed by atoms with Gasteiger partial charge in [-0.1, -0.05) is 6.92 Å². The predicted octanol–water partition coefficient (Wildman–Crippen LogP) is 1.69. The summed E-state index contributed by atoms with van der Waals surface area (Å²) in [6.07, 6.45) is 3.18. The summed E-state index contributed by atoms with van der Waals surface area (Å²) in [5, 5.41) is 6.43. The van der Waals surface area contributed by atoms with Crippen LogP contribution in [0.4, 0.5) is 5.69 Å². The topological polar surface area (TPSA) is 81.7 Å². The van der Waals surface area contributed by atoms with Crippen molar-refractivity contribution in [3.05, 3.63) is 23.8 Å². The molecule has 2 aliphatic rings. The van der Waals surface area contributed by atoms with Crippen molar-refractivity contribution in [3.63, 3.8) is 0 Å². The van der Waals surface area contributed by atoms with Crippen molar-refractivity contribution in [2.24, 2.45) is 5.92 Å². The van der Waals surface area contributed by atoms with E-state index in [2.05, 4.69) is 22.5 Å². The maximum Gasteiger partial charge on any atom is 0.253 e. The van der Waals surface area contributed by atoms with Crippen molar-refractivity contribution in [1.29, 1.82) is 0 Å². The minimum atomic E-state index is -3.59. The van der Waals surface area contributed by atoms with Crippen molar-refractivity contribution in [2.75, 3.05) is 45.2 Å². The number of hydrogen-bond acceptors (Lipinski definition) is 5. The molecule has 2 fully saturated rings. The highest BCUT2D eigenvalue weighted by molar-refractivity contribution is 7.89. The molecular weight excluding hydrogens is 400 g/mol. The Morgan fingerprint density at radius 2 is 1.93 bits per heavy atom. The van der Waals surface area contributed by atoms with Crippen molar-refractivity contribution < 1.29 is 13.2 Å². The SMILES string of the molecule is CC1CCNCC1NC(=O)c1cc(S(=O)(=O)N(C)C)ccc1N1CCCC1.Cl. The molecule has 2 atom stereocenters. The lowest BCUT2D eigenvalue weighted by atomic mass is 9.94. The summed E-state index contributed by atoms with van der Waals surface area (Å²) in [6, 6.07) is 4.95. The lowest BCUT2D eigenvalue weighted by Crippen LogP contribution is -2.50. The maximum absolute atomic E-state index is 13.1. The lowest BCUT2D eigenvalue weighted by Gasteiger charge is -2.31. The van der Waals surface area contributed by atoms with Crippen molar-refractivity contribution in [3.8, 4) is 0 Å². The number of nitrogens with one attached hydrogen (secondary N) is 2. The van der Waals surface area contributed by atoms with E-state index in [1.54, 1.807) is 12.1 Å². The first-order valence-electron chi connectivity index (χ1n) is 9.64. The Hall–Kier alpha value is -1.35. The average Bonchev–Trinajstić information content (AvgIpc) is 3.17. The van der Waals surface area contributed by atoms with Crippen LogP contribution in [-0.4, -0.2) is 64.9 Å².